The lowest BCUT2D eigenvalue weighted by Crippen LogP contribution is -2.39. The fraction of sp³-hybridized carbons (Fsp3) is 0.500. The van der Waals surface area contributed by atoms with E-state index >= 15 is 0 Å². The van der Waals surface area contributed by atoms with Crippen LogP contribution in [0.2, 0.25) is 5.02 Å². The molecule has 0 radical (unpaired) electrons. The van der Waals surface area contributed by atoms with Gasteiger partial charge in [0.1, 0.15) is 6.10 Å². The SMILES string of the molecule is COc1cc(CC(=O)N[C@H]2CC[C@H](CO)CC2)c(C(O)c2ccc(Cl)cc2)cc1OC(C)C. The van der Waals surface area contributed by atoms with Gasteiger partial charge in [-0.25, -0.2) is 0 Å². The number of benzene rings is 2. The van der Waals surface area contributed by atoms with Crippen LogP contribution in [0.4, 0.5) is 0 Å². The molecular weight excluding hydrogens is 442 g/mol. The number of ether oxygens (including phenoxy) is 2. The molecule has 1 unspecified atom stereocenters. The normalized spacial score (nSPS) is 19.2. The molecule has 0 saturated heterocycles. The lowest BCUT2D eigenvalue weighted by molar-refractivity contribution is -0.121. The van der Waals surface area contributed by atoms with Gasteiger partial charge in [0, 0.05) is 17.7 Å². The van der Waals surface area contributed by atoms with E-state index in [1.807, 2.05) is 13.8 Å². The molecule has 0 aromatic heterocycles. The topological polar surface area (TPSA) is 88.0 Å². The summed E-state index contributed by atoms with van der Waals surface area (Å²) in [6, 6.07) is 10.6. The van der Waals surface area contributed by atoms with Crippen molar-refractivity contribution in [3.63, 3.8) is 0 Å². The Morgan fingerprint density at radius 1 is 1.12 bits per heavy atom. The van der Waals surface area contributed by atoms with E-state index in [9.17, 15) is 15.0 Å². The highest BCUT2D eigenvalue weighted by molar-refractivity contribution is 6.30. The van der Waals surface area contributed by atoms with Gasteiger partial charge in [0.05, 0.1) is 19.6 Å². The van der Waals surface area contributed by atoms with Crippen LogP contribution in [0.25, 0.3) is 0 Å². The first kappa shape index (κ1) is 25.3. The number of halogens is 1. The van der Waals surface area contributed by atoms with Crippen LogP contribution in [-0.4, -0.2) is 42.0 Å². The highest BCUT2D eigenvalue weighted by Crippen LogP contribution is 2.37. The van der Waals surface area contributed by atoms with Crippen molar-refractivity contribution in [2.75, 3.05) is 13.7 Å². The zero-order valence-corrected chi connectivity index (χ0v) is 20.3. The molecule has 0 spiro atoms. The number of hydrogen-bond acceptors (Lipinski definition) is 5. The molecule has 6 nitrogen and oxygen atoms in total. The van der Waals surface area contributed by atoms with Crippen molar-refractivity contribution < 1.29 is 24.5 Å². The zero-order chi connectivity index (χ0) is 24.0. The number of carbonyl (C=O) groups excluding carboxylic acids is 1. The summed E-state index contributed by atoms with van der Waals surface area (Å²) in [5.74, 6) is 1.26. The summed E-state index contributed by atoms with van der Waals surface area (Å²) < 4.78 is 11.4. The van der Waals surface area contributed by atoms with Gasteiger partial charge in [0.15, 0.2) is 11.5 Å². The number of amides is 1. The molecule has 0 aliphatic heterocycles. The summed E-state index contributed by atoms with van der Waals surface area (Å²) >= 11 is 6.01. The third kappa shape index (κ3) is 6.85. The molecule has 1 amide bonds. The van der Waals surface area contributed by atoms with Crippen LogP contribution in [0.5, 0.6) is 11.5 Å². The van der Waals surface area contributed by atoms with E-state index in [1.165, 1.54) is 0 Å². The van der Waals surface area contributed by atoms with Crippen LogP contribution < -0.4 is 14.8 Å². The van der Waals surface area contributed by atoms with Crippen molar-refractivity contribution in [3.8, 4) is 11.5 Å². The number of aliphatic hydroxyl groups excluding tert-OH is 2. The Morgan fingerprint density at radius 3 is 2.36 bits per heavy atom. The maximum Gasteiger partial charge on any atom is 0.224 e. The van der Waals surface area contributed by atoms with Crippen LogP contribution in [0, 0.1) is 5.92 Å². The largest absolute Gasteiger partial charge is 0.493 e. The summed E-state index contributed by atoms with van der Waals surface area (Å²) in [4.78, 5) is 12.9. The van der Waals surface area contributed by atoms with E-state index < -0.39 is 6.10 Å². The predicted molar refractivity (Wildman–Crippen MR) is 129 cm³/mol. The lowest BCUT2D eigenvalue weighted by Gasteiger charge is -2.28. The molecule has 1 fully saturated rings. The molecule has 33 heavy (non-hydrogen) atoms. The monoisotopic (exact) mass is 475 g/mol. The van der Waals surface area contributed by atoms with Crippen molar-refractivity contribution in [1.82, 2.24) is 5.32 Å². The number of carbonyl (C=O) groups is 1. The number of methoxy groups -OCH3 is 1. The molecule has 3 N–H and O–H groups in total. The third-order valence-corrected chi connectivity index (χ3v) is 6.34. The van der Waals surface area contributed by atoms with Crippen molar-refractivity contribution in [1.29, 1.82) is 0 Å². The molecule has 2 aromatic rings. The maximum atomic E-state index is 12.9. The van der Waals surface area contributed by atoms with Crippen LogP contribution in [0.3, 0.4) is 0 Å². The molecule has 1 saturated carbocycles. The molecule has 0 heterocycles. The number of nitrogens with one attached hydrogen (secondary N) is 1. The van der Waals surface area contributed by atoms with Crippen LogP contribution in [0.1, 0.15) is 62.3 Å². The first-order valence-electron chi connectivity index (χ1n) is 11.5. The molecule has 0 bridgehead atoms. The maximum absolute atomic E-state index is 12.9. The van der Waals surface area contributed by atoms with Crippen molar-refractivity contribution in [2.24, 2.45) is 5.92 Å². The summed E-state index contributed by atoms with van der Waals surface area (Å²) in [6.07, 6.45) is 2.63. The standard InChI is InChI=1S/C26H34ClNO5/c1-16(2)33-24-14-22(26(31)18-6-8-20(27)9-7-18)19(12-23(24)32-3)13-25(30)28-21-10-4-17(15-29)5-11-21/h6-9,12,14,16-17,21,26,29,31H,4-5,10-11,13,15H2,1-3H3,(H,28,30)/t17-,21-,26?. The third-order valence-electron chi connectivity index (χ3n) is 6.09. The molecule has 3 rings (SSSR count). The Bertz CT molecular complexity index is 923. The summed E-state index contributed by atoms with van der Waals surface area (Å²) in [6.45, 7) is 4.04. The molecule has 180 valence electrons. The molecule has 1 aliphatic carbocycles. The minimum atomic E-state index is -0.953. The minimum absolute atomic E-state index is 0.0809. The van der Waals surface area contributed by atoms with Crippen molar-refractivity contribution in [3.05, 3.63) is 58.1 Å². The smallest absolute Gasteiger partial charge is 0.224 e. The second-order valence-electron chi connectivity index (χ2n) is 8.97. The molecule has 1 atom stereocenters. The van der Waals surface area contributed by atoms with Crippen LogP contribution in [-0.2, 0) is 11.2 Å². The van der Waals surface area contributed by atoms with Gasteiger partial charge in [-0.15, -0.1) is 0 Å². The first-order valence-corrected chi connectivity index (χ1v) is 11.9. The second kappa shape index (κ2) is 11.7. The fourth-order valence-corrected chi connectivity index (χ4v) is 4.42. The lowest BCUT2D eigenvalue weighted by atomic mass is 9.86. The van der Waals surface area contributed by atoms with Crippen LogP contribution in [0.15, 0.2) is 36.4 Å². The Hall–Kier alpha value is -2.28. The van der Waals surface area contributed by atoms with E-state index in [0.717, 1.165) is 25.7 Å². The highest BCUT2D eigenvalue weighted by Gasteiger charge is 2.24. The van der Waals surface area contributed by atoms with Crippen molar-refractivity contribution >= 4 is 17.5 Å². The summed E-state index contributed by atoms with van der Waals surface area (Å²) in [5.41, 5.74) is 1.93. The summed E-state index contributed by atoms with van der Waals surface area (Å²) in [5, 5.41) is 24.2. The summed E-state index contributed by atoms with van der Waals surface area (Å²) in [7, 11) is 1.56. The number of rotatable bonds is 9. The average Bonchev–Trinajstić information content (AvgIpc) is 2.80. The quantitative estimate of drug-likeness (QED) is 0.499. The predicted octanol–water partition coefficient (Wildman–Crippen LogP) is 4.43. The Balaban J connectivity index is 1.86. The number of hydrogen-bond donors (Lipinski definition) is 3. The van der Waals surface area contributed by atoms with E-state index in [0.29, 0.717) is 39.1 Å². The van der Waals surface area contributed by atoms with E-state index in [2.05, 4.69) is 5.32 Å². The van der Waals surface area contributed by atoms with Gasteiger partial charge in [-0.3, -0.25) is 4.79 Å². The van der Waals surface area contributed by atoms with Gasteiger partial charge in [-0.05, 0) is 86.4 Å². The fourth-order valence-electron chi connectivity index (χ4n) is 4.30. The average molecular weight is 476 g/mol. The van der Waals surface area contributed by atoms with Gasteiger partial charge < -0.3 is 25.0 Å². The van der Waals surface area contributed by atoms with E-state index in [-0.39, 0.29) is 31.1 Å². The molecular formula is C26H34ClNO5. The number of aliphatic hydroxyl groups is 2. The minimum Gasteiger partial charge on any atom is -0.493 e. The molecule has 1 aliphatic rings. The van der Waals surface area contributed by atoms with Crippen LogP contribution >= 0.6 is 11.6 Å². The molecule has 7 heteroatoms. The van der Waals surface area contributed by atoms with Gasteiger partial charge in [0.25, 0.3) is 0 Å². The van der Waals surface area contributed by atoms with Gasteiger partial charge in [-0.1, -0.05) is 23.7 Å². The van der Waals surface area contributed by atoms with Crippen molar-refractivity contribution in [2.45, 2.75) is 64.2 Å². The first-order chi connectivity index (χ1) is 15.8. The van der Waals surface area contributed by atoms with Gasteiger partial charge >= 0.3 is 0 Å². The molecule has 2 aromatic carbocycles. The Morgan fingerprint density at radius 2 is 1.79 bits per heavy atom. The van der Waals surface area contributed by atoms with Gasteiger partial charge in [0.2, 0.25) is 5.91 Å². The second-order valence-corrected chi connectivity index (χ2v) is 9.40. The zero-order valence-electron chi connectivity index (χ0n) is 19.5. The Labute approximate surface area is 200 Å². The van der Waals surface area contributed by atoms with Gasteiger partial charge in [-0.2, -0.15) is 0 Å². The Kier molecular flexibility index (Phi) is 9.01. The van der Waals surface area contributed by atoms with E-state index in [4.69, 9.17) is 21.1 Å². The highest BCUT2D eigenvalue weighted by atomic mass is 35.5. The van der Waals surface area contributed by atoms with E-state index in [1.54, 1.807) is 43.5 Å².